The van der Waals surface area contributed by atoms with Gasteiger partial charge in [0.1, 0.15) is 0 Å². The molecule has 2 aliphatic rings. The van der Waals surface area contributed by atoms with Crippen molar-refractivity contribution in [1.29, 1.82) is 0 Å². The molecule has 2 aliphatic carbocycles. The van der Waals surface area contributed by atoms with Gasteiger partial charge >= 0.3 is 0 Å². The lowest BCUT2D eigenvalue weighted by atomic mass is 9.93. The molecule has 0 aliphatic heterocycles. The Morgan fingerprint density at radius 3 is 0.960 bits per heavy atom. The van der Waals surface area contributed by atoms with E-state index in [0.717, 1.165) is 22.5 Å². The number of aromatic nitrogens is 2. The molecule has 50 heavy (non-hydrogen) atoms. The highest BCUT2D eigenvalue weighted by Crippen LogP contribution is 2.50. The van der Waals surface area contributed by atoms with Crippen molar-refractivity contribution in [2.75, 3.05) is 0 Å². The first-order valence-corrected chi connectivity index (χ1v) is 17.2. The molecular formula is C48H28N2. The highest BCUT2D eigenvalue weighted by molar-refractivity contribution is 6.20. The molecule has 0 radical (unpaired) electrons. The van der Waals surface area contributed by atoms with Crippen LogP contribution in [-0.4, -0.2) is 9.97 Å². The lowest BCUT2D eigenvalue weighted by Crippen LogP contribution is -1.93. The van der Waals surface area contributed by atoms with Gasteiger partial charge in [-0.25, -0.2) is 0 Å². The van der Waals surface area contributed by atoms with Gasteiger partial charge in [0.05, 0.1) is 11.4 Å². The van der Waals surface area contributed by atoms with E-state index < -0.39 is 0 Å². The lowest BCUT2D eigenvalue weighted by Gasteiger charge is -2.12. The van der Waals surface area contributed by atoms with Crippen LogP contribution in [0.2, 0.25) is 0 Å². The minimum Gasteiger partial charge on any atom is -0.252 e. The Balaban J connectivity index is 0.944. The fourth-order valence-electron chi connectivity index (χ4n) is 8.50. The molecule has 0 saturated carbocycles. The zero-order chi connectivity index (χ0) is 32.8. The van der Waals surface area contributed by atoms with Gasteiger partial charge < -0.3 is 0 Å². The summed E-state index contributed by atoms with van der Waals surface area (Å²) < 4.78 is 0. The molecule has 0 saturated heterocycles. The van der Waals surface area contributed by atoms with Gasteiger partial charge in [0.25, 0.3) is 0 Å². The average molecular weight is 633 g/mol. The average Bonchev–Trinajstić information content (AvgIpc) is 3.70. The summed E-state index contributed by atoms with van der Waals surface area (Å²) in [7, 11) is 0. The second-order valence-corrected chi connectivity index (χ2v) is 13.3. The monoisotopic (exact) mass is 632 g/mol. The number of benzene rings is 8. The first-order valence-electron chi connectivity index (χ1n) is 17.2. The Bertz CT molecular complexity index is 2590. The van der Waals surface area contributed by atoms with E-state index in [1.807, 2.05) is 0 Å². The minimum absolute atomic E-state index is 0.880. The first-order chi connectivity index (χ1) is 24.8. The van der Waals surface area contributed by atoms with Gasteiger partial charge in [-0.1, -0.05) is 158 Å². The summed E-state index contributed by atoms with van der Waals surface area (Å²) in [4.78, 5) is 9.67. The Morgan fingerprint density at radius 1 is 0.240 bits per heavy atom. The SMILES string of the molecule is c1ccc2c(c1)-c1cccc3c(-c4ccc(-c5nccnc5-c5ccc(-c6ccc7c8c(cccc68)-c6ccccc6-7)cc5)cc4)ccc-2c13. The minimum atomic E-state index is 0.880. The molecule has 0 unspecified atom stereocenters. The number of fused-ring (bicyclic) bond motifs is 6. The maximum atomic E-state index is 4.84. The summed E-state index contributed by atoms with van der Waals surface area (Å²) in [5.41, 5.74) is 19.3. The normalized spacial score (nSPS) is 12.0. The molecule has 2 heteroatoms. The van der Waals surface area contributed by atoms with Gasteiger partial charge in [0.2, 0.25) is 0 Å². The van der Waals surface area contributed by atoms with E-state index in [4.69, 9.17) is 9.97 Å². The number of nitrogens with zero attached hydrogens (tertiary/aromatic N) is 2. The van der Waals surface area contributed by atoms with Crippen molar-refractivity contribution >= 4 is 21.5 Å². The predicted octanol–water partition coefficient (Wildman–Crippen LogP) is 12.7. The second-order valence-electron chi connectivity index (χ2n) is 13.3. The summed E-state index contributed by atoms with van der Waals surface area (Å²) in [6.45, 7) is 0. The molecule has 1 heterocycles. The maximum absolute atomic E-state index is 4.84. The van der Waals surface area contributed by atoms with E-state index in [1.54, 1.807) is 12.4 Å². The van der Waals surface area contributed by atoms with E-state index in [0.29, 0.717) is 0 Å². The molecule has 11 rings (SSSR count). The molecule has 0 fully saturated rings. The summed E-state index contributed by atoms with van der Waals surface area (Å²) in [5, 5.41) is 5.26. The van der Waals surface area contributed by atoms with Crippen LogP contribution in [0, 0.1) is 0 Å². The highest BCUT2D eigenvalue weighted by atomic mass is 14.8. The fraction of sp³-hybridized carbons (Fsp3) is 0. The molecule has 0 bridgehead atoms. The van der Waals surface area contributed by atoms with E-state index in [-0.39, 0.29) is 0 Å². The van der Waals surface area contributed by atoms with Gasteiger partial charge in [-0.2, -0.15) is 0 Å². The molecule has 0 N–H and O–H groups in total. The van der Waals surface area contributed by atoms with Crippen LogP contribution in [0.3, 0.4) is 0 Å². The number of rotatable bonds is 4. The molecule has 0 spiro atoms. The molecular weight excluding hydrogens is 605 g/mol. The van der Waals surface area contributed by atoms with Crippen molar-refractivity contribution in [3.63, 3.8) is 0 Å². The van der Waals surface area contributed by atoms with Crippen LogP contribution < -0.4 is 0 Å². The molecule has 1 aromatic heterocycles. The van der Waals surface area contributed by atoms with Gasteiger partial charge in [-0.3, -0.25) is 9.97 Å². The van der Waals surface area contributed by atoms with Crippen molar-refractivity contribution in [3.8, 4) is 89.3 Å². The Labute approximate surface area is 290 Å². The van der Waals surface area contributed by atoms with Crippen LogP contribution in [-0.2, 0) is 0 Å². The van der Waals surface area contributed by atoms with E-state index in [1.165, 1.54) is 88.3 Å². The third-order valence-corrected chi connectivity index (χ3v) is 10.7. The zero-order valence-corrected chi connectivity index (χ0v) is 27.1. The molecule has 230 valence electrons. The van der Waals surface area contributed by atoms with Crippen LogP contribution in [0.1, 0.15) is 0 Å². The van der Waals surface area contributed by atoms with Crippen molar-refractivity contribution in [1.82, 2.24) is 9.97 Å². The van der Waals surface area contributed by atoms with Crippen molar-refractivity contribution in [3.05, 3.63) is 170 Å². The topological polar surface area (TPSA) is 25.8 Å². The standard InChI is InChI=1S/C48H28N2/c1-3-9-37-35(7-1)41-13-5-11-39-33(23-25-43(37)45(39)41)29-15-19-31(20-16-29)47-48(50-28-27-49-47)32-21-17-30(18-22-32)34-24-26-44-38-10-4-2-8-36(38)42-14-6-12-40(34)46(42)44/h1-28H. The fourth-order valence-corrected chi connectivity index (χ4v) is 8.50. The van der Waals surface area contributed by atoms with Gasteiger partial charge in [-0.05, 0) is 88.3 Å². The maximum Gasteiger partial charge on any atom is 0.0965 e. The van der Waals surface area contributed by atoms with Crippen molar-refractivity contribution < 1.29 is 0 Å². The molecule has 0 amide bonds. The largest absolute Gasteiger partial charge is 0.252 e. The number of hydrogen-bond donors (Lipinski definition) is 0. The summed E-state index contributed by atoms with van der Waals surface area (Å²) in [6.07, 6.45) is 3.57. The molecule has 0 atom stereocenters. The molecule has 2 nitrogen and oxygen atoms in total. The quantitative estimate of drug-likeness (QED) is 0.193. The third kappa shape index (κ3) is 3.85. The summed E-state index contributed by atoms with van der Waals surface area (Å²) in [6, 6.07) is 57.5. The predicted molar refractivity (Wildman–Crippen MR) is 208 cm³/mol. The third-order valence-electron chi connectivity index (χ3n) is 10.7. The van der Waals surface area contributed by atoms with Crippen molar-refractivity contribution in [2.45, 2.75) is 0 Å². The van der Waals surface area contributed by atoms with Crippen LogP contribution in [0.4, 0.5) is 0 Å². The van der Waals surface area contributed by atoms with Crippen LogP contribution in [0.15, 0.2) is 170 Å². The molecule has 8 aromatic carbocycles. The van der Waals surface area contributed by atoms with E-state index in [2.05, 4.69) is 158 Å². The summed E-state index contributed by atoms with van der Waals surface area (Å²) in [5.74, 6) is 0. The Hall–Kier alpha value is -6.64. The Morgan fingerprint density at radius 2 is 0.560 bits per heavy atom. The van der Waals surface area contributed by atoms with Gasteiger partial charge in [0, 0.05) is 23.5 Å². The first kappa shape index (κ1) is 27.3. The van der Waals surface area contributed by atoms with Crippen LogP contribution >= 0.6 is 0 Å². The highest BCUT2D eigenvalue weighted by Gasteiger charge is 2.24. The number of hydrogen-bond acceptors (Lipinski definition) is 2. The molecule has 9 aromatic rings. The van der Waals surface area contributed by atoms with E-state index >= 15 is 0 Å². The smallest absolute Gasteiger partial charge is 0.0965 e. The Kier molecular flexibility index (Phi) is 5.70. The van der Waals surface area contributed by atoms with Gasteiger partial charge in [-0.15, -0.1) is 0 Å². The van der Waals surface area contributed by atoms with Crippen LogP contribution in [0.25, 0.3) is 111 Å². The zero-order valence-electron chi connectivity index (χ0n) is 27.1. The van der Waals surface area contributed by atoms with Gasteiger partial charge in [0.15, 0.2) is 0 Å². The second kappa shape index (κ2) is 10.4. The lowest BCUT2D eigenvalue weighted by molar-refractivity contribution is 1.21. The van der Waals surface area contributed by atoms with Crippen molar-refractivity contribution in [2.24, 2.45) is 0 Å². The van der Waals surface area contributed by atoms with E-state index in [9.17, 15) is 0 Å². The van der Waals surface area contributed by atoms with Crippen LogP contribution in [0.5, 0.6) is 0 Å². The summed E-state index contributed by atoms with van der Waals surface area (Å²) >= 11 is 0.